The van der Waals surface area contributed by atoms with Gasteiger partial charge in [0.05, 0.1) is 13.5 Å². The zero-order valence-electron chi connectivity index (χ0n) is 12.6. The zero-order chi connectivity index (χ0) is 17.0. The smallest absolute Gasteiger partial charge is 0.339 e. The molecule has 0 aliphatic rings. The van der Waals surface area contributed by atoms with Crippen LogP contribution in [0.1, 0.15) is 11.1 Å². The topological polar surface area (TPSA) is 69.7 Å². The Morgan fingerprint density at radius 3 is 2.39 bits per heavy atom. The maximum Gasteiger partial charge on any atom is 0.339 e. The highest BCUT2D eigenvalue weighted by molar-refractivity contribution is 7.87. The van der Waals surface area contributed by atoms with Crippen LogP contribution in [-0.4, -0.2) is 21.5 Å². The van der Waals surface area contributed by atoms with Gasteiger partial charge in [-0.05, 0) is 42.3 Å². The first-order valence-electron chi connectivity index (χ1n) is 6.68. The molecule has 2 aromatic carbocycles. The summed E-state index contributed by atoms with van der Waals surface area (Å²) in [5.74, 6) is -0.223. The highest BCUT2D eigenvalue weighted by atomic mass is 35.5. The van der Waals surface area contributed by atoms with Gasteiger partial charge in [0.1, 0.15) is 10.6 Å². The molecule has 0 saturated carbocycles. The van der Waals surface area contributed by atoms with Gasteiger partial charge in [0.15, 0.2) is 0 Å². The van der Waals surface area contributed by atoms with Crippen molar-refractivity contribution < 1.29 is 22.1 Å². The lowest BCUT2D eigenvalue weighted by Crippen LogP contribution is -2.11. The van der Waals surface area contributed by atoms with Crippen LogP contribution in [0.5, 0.6) is 5.75 Å². The van der Waals surface area contributed by atoms with Gasteiger partial charge in [0.25, 0.3) is 0 Å². The van der Waals surface area contributed by atoms with Gasteiger partial charge in [-0.2, -0.15) is 8.42 Å². The molecule has 122 valence electrons. The average molecular weight is 355 g/mol. The average Bonchev–Trinajstić information content (AvgIpc) is 2.51. The molecule has 0 radical (unpaired) electrons. The summed E-state index contributed by atoms with van der Waals surface area (Å²) in [6.45, 7) is 1.66. The Kier molecular flexibility index (Phi) is 5.28. The molecule has 0 bridgehead atoms. The van der Waals surface area contributed by atoms with Crippen molar-refractivity contribution >= 4 is 27.7 Å². The van der Waals surface area contributed by atoms with E-state index in [0.29, 0.717) is 16.1 Å². The van der Waals surface area contributed by atoms with Crippen LogP contribution in [-0.2, 0) is 26.1 Å². The molecular formula is C16H15ClO5S. The first-order valence-corrected chi connectivity index (χ1v) is 8.47. The molecule has 0 heterocycles. The number of halogens is 1. The third kappa shape index (κ3) is 4.46. The van der Waals surface area contributed by atoms with Crippen molar-refractivity contribution in [2.75, 3.05) is 7.11 Å². The van der Waals surface area contributed by atoms with E-state index in [1.165, 1.54) is 25.3 Å². The fourth-order valence-electron chi connectivity index (χ4n) is 1.92. The van der Waals surface area contributed by atoms with Gasteiger partial charge in [-0.25, -0.2) is 0 Å². The minimum atomic E-state index is -3.98. The molecule has 0 amide bonds. The lowest BCUT2D eigenvalue weighted by Gasteiger charge is -2.10. The third-order valence-electron chi connectivity index (χ3n) is 3.12. The monoisotopic (exact) mass is 354 g/mol. The van der Waals surface area contributed by atoms with E-state index in [2.05, 4.69) is 4.74 Å². The fraction of sp³-hybridized carbons (Fsp3) is 0.188. The highest BCUT2D eigenvalue weighted by Gasteiger charge is 2.19. The normalized spacial score (nSPS) is 11.1. The van der Waals surface area contributed by atoms with Gasteiger partial charge in [-0.15, -0.1) is 0 Å². The fourth-order valence-corrected chi connectivity index (χ4v) is 3.34. The summed E-state index contributed by atoms with van der Waals surface area (Å²) in [6, 6.07) is 10.7. The summed E-state index contributed by atoms with van der Waals surface area (Å²) >= 11 is 5.85. The molecular weight excluding hydrogens is 340 g/mol. The van der Waals surface area contributed by atoms with Crippen LogP contribution in [0.3, 0.4) is 0 Å². The number of aryl methyl sites for hydroxylation is 1. The van der Waals surface area contributed by atoms with Crippen molar-refractivity contribution in [3.8, 4) is 5.75 Å². The van der Waals surface area contributed by atoms with E-state index >= 15 is 0 Å². The molecule has 0 atom stereocenters. The van der Waals surface area contributed by atoms with E-state index < -0.39 is 10.1 Å². The van der Waals surface area contributed by atoms with Crippen LogP contribution in [0.4, 0.5) is 0 Å². The first-order chi connectivity index (χ1) is 10.8. The number of carbonyl (C=O) groups is 1. The third-order valence-corrected chi connectivity index (χ3v) is 4.75. The van der Waals surface area contributed by atoms with E-state index in [-0.39, 0.29) is 23.0 Å². The number of methoxy groups -OCH3 is 1. The molecule has 0 aromatic heterocycles. The molecule has 0 aliphatic carbocycles. The number of ether oxygens (including phenoxy) is 1. The van der Waals surface area contributed by atoms with Crippen molar-refractivity contribution in [1.29, 1.82) is 0 Å². The quantitative estimate of drug-likeness (QED) is 0.609. The number of carbonyl (C=O) groups excluding carboxylic acids is 1. The molecule has 5 nitrogen and oxygen atoms in total. The lowest BCUT2D eigenvalue weighted by atomic mass is 10.1. The van der Waals surface area contributed by atoms with Crippen LogP contribution >= 0.6 is 11.6 Å². The SMILES string of the molecule is COC(=O)Cc1ccc(OS(=O)(=O)c2cc(Cl)ccc2C)cc1. The summed E-state index contributed by atoms with van der Waals surface area (Å²) in [6.07, 6.45) is 0.108. The largest absolute Gasteiger partial charge is 0.469 e. The molecule has 0 spiro atoms. The van der Waals surface area contributed by atoms with Crippen molar-refractivity contribution in [3.05, 3.63) is 58.6 Å². The Labute approximate surface area is 139 Å². The van der Waals surface area contributed by atoms with Gasteiger partial charge in [0, 0.05) is 5.02 Å². The maximum absolute atomic E-state index is 12.3. The predicted octanol–water partition coefficient (Wildman–Crippen LogP) is 3.13. The molecule has 0 fully saturated rings. The second-order valence-corrected chi connectivity index (χ2v) is 6.80. The van der Waals surface area contributed by atoms with Crippen molar-refractivity contribution in [2.24, 2.45) is 0 Å². The van der Waals surface area contributed by atoms with Crippen LogP contribution in [0.25, 0.3) is 0 Å². The minimum absolute atomic E-state index is 0.0173. The Morgan fingerprint density at radius 1 is 1.13 bits per heavy atom. The van der Waals surface area contributed by atoms with Gasteiger partial charge in [-0.1, -0.05) is 29.8 Å². The summed E-state index contributed by atoms with van der Waals surface area (Å²) < 4.78 is 34.3. The lowest BCUT2D eigenvalue weighted by molar-refractivity contribution is -0.139. The molecule has 23 heavy (non-hydrogen) atoms. The molecule has 0 aliphatic heterocycles. The Hall–Kier alpha value is -2.05. The molecule has 0 unspecified atom stereocenters. The Bertz CT molecular complexity index is 813. The van der Waals surface area contributed by atoms with Crippen LogP contribution in [0.2, 0.25) is 5.02 Å². The van der Waals surface area contributed by atoms with Gasteiger partial charge >= 0.3 is 16.1 Å². The summed E-state index contributed by atoms with van der Waals surface area (Å²) in [5, 5.41) is 0.311. The summed E-state index contributed by atoms with van der Waals surface area (Å²) in [5.41, 5.74) is 1.23. The van der Waals surface area contributed by atoms with Crippen LogP contribution in [0, 0.1) is 6.92 Å². The van der Waals surface area contributed by atoms with E-state index in [0.717, 1.165) is 0 Å². The van der Waals surface area contributed by atoms with Crippen molar-refractivity contribution in [3.63, 3.8) is 0 Å². The van der Waals surface area contributed by atoms with E-state index in [9.17, 15) is 13.2 Å². The van der Waals surface area contributed by atoms with Crippen molar-refractivity contribution in [1.82, 2.24) is 0 Å². The summed E-state index contributed by atoms with van der Waals surface area (Å²) in [7, 11) is -2.68. The van der Waals surface area contributed by atoms with Gasteiger partial charge in [0.2, 0.25) is 0 Å². The molecule has 2 aromatic rings. The second kappa shape index (κ2) is 7.02. The van der Waals surface area contributed by atoms with Crippen LogP contribution in [0.15, 0.2) is 47.4 Å². The summed E-state index contributed by atoms with van der Waals surface area (Å²) in [4.78, 5) is 11.2. The number of esters is 1. The molecule has 2 rings (SSSR count). The Morgan fingerprint density at radius 2 is 1.78 bits per heavy atom. The number of benzene rings is 2. The number of hydrogen-bond acceptors (Lipinski definition) is 5. The first kappa shape index (κ1) is 17.3. The van der Waals surface area contributed by atoms with Crippen molar-refractivity contribution in [2.45, 2.75) is 18.2 Å². The molecule has 0 N–H and O–H groups in total. The molecule has 0 saturated heterocycles. The number of hydrogen-bond donors (Lipinski definition) is 0. The van der Waals surface area contributed by atoms with E-state index in [1.807, 2.05) is 0 Å². The predicted molar refractivity (Wildman–Crippen MR) is 86.2 cm³/mol. The highest BCUT2D eigenvalue weighted by Crippen LogP contribution is 2.24. The van der Waals surface area contributed by atoms with Gasteiger partial charge in [-0.3, -0.25) is 4.79 Å². The standard InChI is InChI=1S/C16H15ClO5S/c1-11-3-6-13(17)10-15(11)23(19,20)22-14-7-4-12(5-8-14)9-16(18)21-2/h3-8,10H,9H2,1-2H3. The van der Waals surface area contributed by atoms with E-state index in [4.69, 9.17) is 15.8 Å². The minimum Gasteiger partial charge on any atom is -0.469 e. The zero-order valence-corrected chi connectivity index (χ0v) is 14.1. The van der Waals surface area contributed by atoms with Gasteiger partial charge < -0.3 is 8.92 Å². The van der Waals surface area contributed by atoms with Crippen LogP contribution < -0.4 is 4.18 Å². The van der Waals surface area contributed by atoms with E-state index in [1.54, 1.807) is 31.2 Å². The Balaban J connectivity index is 2.20. The second-order valence-electron chi connectivity index (χ2n) is 4.84. The maximum atomic E-state index is 12.3. The molecule has 7 heteroatoms. The number of rotatable bonds is 5.